The highest BCUT2D eigenvalue weighted by Gasteiger charge is 2.39. The molecule has 10 nitrogen and oxygen atoms in total. The lowest BCUT2D eigenvalue weighted by molar-refractivity contribution is -0.857. The van der Waals surface area contributed by atoms with Crippen molar-refractivity contribution >= 4 is 16.4 Å². The molecule has 0 amide bonds. The van der Waals surface area contributed by atoms with Crippen molar-refractivity contribution in [3.8, 4) is 0 Å². The average molecular weight is 416 g/mol. The Morgan fingerprint density at radius 3 is 1.93 bits per heavy atom. The molecule has 0 aromatic carbocycles. The van der Waals surface area contributed by atoms with E-state index in [1.54, 1.807) is 19.2 Å². The molecule has 0 spiro atoms. The van der Waals surface area contributed by atoms with Gasteiger partial charge in [-0.15, -0.1) is 0 Å². The molecule has 1 atom stereocenters. The van der Waals surface area contributed by atoms with Gasteiger partial charge in [0.25, 0.3) is 0 Å². The standard InChI is InChI=1S/C14H27NO5.C2H6O4S/c1-7-17-10-14(18-8-2,19-9-3)15-12(6)20-13(16)11(4)5;1-2-6-7(3,4)5/h12,15H,4,7-10H2,1-3,5-6H3;2H2,1H3,(H,3,4,5). The number of quaternary nitrogens is 1. The zero-order valence-electron chi connectivity index (χ0n) is 17.0. The van der Waals surface area contributed by atoms with Gasteiger partial charge < -0.3 is 23.5 Å². The molecule has 0 aromatic rings. The minimum atomic E-state index is -4.42. The van der Waals surface area contributed by atoms with Crippen LogP contribution in [-0.4, -0.2) is 64.1 Å². The predicted molar refractivity (Wildman–Crippen MR) is 96.1 cm³/mol. The molecular formula is C16H33NO9S. The molecule has 0 saturated carbocycles. The van der Waals surface area contributed by atoms with E-state index in [0.717, 1.165) is 0 Å². The van der Waals surface area contributed by atoms with Crippen LogP contribution in [0.2, 0.25) is 0 Å². The zero-order valence-corrected chi connectivity index (χ0v) is 17.8. The maximum absolute atomic E-state index is 11.5. The third kappa shape index (κ3) is 15.7. The van der Waals surface area contributed by atoms with Crippen molar-refractivity contribution in [2.45, 2.75) is 53.7 Å². The lowest BCUT2D eigenvalue weighted by Gasteiger charge is -2.31. The Morgan fingerprint density at radius 1 is 1.11 bits per heavy atom. The highest BCUT2D eigenvalue weighted by Crippen LogP contribution is 2.06. The van der Waals surface area contributed by atoms with Crippen molar-refractivity contribution in [3.63, 3.8) is 0 Å². The van der Waals surface area contributed by atoms with Crippen LogP contribution >= 0.6 is 0 Å². The number of carbonyl (C=O) groups excluding carboxylic acids is 1. The molecule has 162 valence electrons. The lowest BCUT2D eigenvalue weighted by atomic mass is 10.3. The van der Waals surface area contributed by atoms with Gasteiger partial charge in [0.1, 0.15) is 0 Å². The number of hydrogen-bond donors (Lipinski definition) is 1. The number of esters is 1. The molecule has 0 aromatic heterocycles. The first-order valence-electron chi connectivity index (χ1n) is 8.65. The molecule has 2 N–H and O–H groups in total. The number of rotatable bonds is 13. The third-order valence-electron chi connectivity index (χ3n) is 2.68. The summed E-state index contributed by atoms with van der Waals surface area (Å²) in [5, 5.41) is 1.70. The fourth-order valence-electron chi connectivity index (χ4n) is 1.81. The molecule has 0 heterocycles. The normalized spacial score (nSPS) is 12.7. The van der Waals surface area contributed by atoms with E-state index in [2.05, 4.69) is 10.8 Å². The van der Waals surface area contributed by atoms with Crippen LogP contribution in [0.1, 0.15) is 41.5 Å². The molecule has 1 unspecified atom stereocenters. The molecule has 0 bridgehead atoms. The van der Waals surface area contributed by atoms with Gasteiger partial charge in [-0.1, -0.05) is 6.58 Å². The van der Waals surface area contributed by atoms with Crippen LogP contribution in [0.3, 0.4) is 0 Å². The number of ether oxygens (including phenoxy) is 4. The van der Waals surface area contributed by atoms with Crippen molar-refractivity contribution in [2.24, 2.45) is 0 Å². The van der Waals surface area contributed by atoms with E-state index < -0.39 is 28.5 Å². The first-order valence-corrected chi connectivity index (χ1v) is 9.98. The second-order valence-corrected chi connectivity index (χ2v) is 6.24. The molecule has 0 saturated heterocycles. The summed E-state index contributed by atoms with van der Waals surface area (Å²) in [6.07, 6.45) is -0.474. The van der Waals surface area contributed by atoms with Crippen LogP contribution in [0.25, 0.3) is 0 Å². The molecule has 0 aliphatic heterocycles. The summed E-state index contributed by atoms with van der Waals surface area (Å²) in [5.74, 6) is -1.44. The van der Waals surface area contributed by atoms with Crippen LogP contribution in [-0.2, 0) is 38.3 Å². The molecule has 0 rings (SSSR count). The van der Waals surface area contributed by atoms with E-state index in [1.165, 1.54) is 6.92 Å². The molecule has 0 aliphatic carbocycles. The lowest BCUT2D eigenvalue weighted by Crippen LogP contribution is -3.03. The minimum absolute atomic E-state index is 0.0914. The SMILES string of the molecule is C=C(C)C(=O)OC(C)[NH2+]C(COCC)(OCC)OCC.CCOS(=O)(=O)[O-]. The van der Waals surface area contributed by atoms with E-state index in [-0.39, 0.29) is 13.2 Å². The first kappa shape index (κ1) is 28.1. The zero-order chi connectivity index (χ0) is 21.5. The maximum Gasteiger partial charge on any atom is 0.343 e. The van der Waals surface area contributed by atoms with Gasteiger partial charge in [0.15, 0.2) is 6.61 Å². The molecule has 0 fully saturated rings. The van der Waals surface area contributed by atoms with Crippen molar-refractivity contribution in [1.82, 2.24) is 0 Å². The summed E-state index contributed by atoms with van der Waals surface area (Å²) in [7, 11) is -4.42. The van der Waals surface area contributed by atoms with Crippen LogP contribution in [0.15, 0.2) is 12.2 Å². The molecule has 27 heavy (non-hydrogen) atoms. The van der Waals surface area contributed by atoms with Crippen LogP contribution in [0, 0.1) is 0 Å². The van der Waals surface area contributed by atoms with Gasteiger partial charge in [-0.2, -0.15) is 0 Å². The molecule has 11 heteroatoms. The smallest absolute Gasteiger partial charge is 0.343 e. The summed E-state index contributed by atoms with van der Waals surface area (Å²) in [6, 6.07) is 0. The van der Waals surface area contributed by atoms with Crippen LogP contribution in [0.4, 0.5) is 0 Å². The fraction of sp³-hybridized carbons (Fsp3) is 0.812. The predicted octanol–water partition coefficient (Wildman–Crippen LogP) is 0.262. The topological polar surface area (TPSA) is 137 Å². The Hall–Kier alpha value is -1.08. The Labute approximate surface area is 162 Å². The first-order chi connectivity index (χ1) is 12.5. The van der Waals surface area contributed by atoms with Crippen molar-refractivity contribution < 1.29 is 46.2 Å². The second kappa shape index (κ2) is 14.9. The van der Waals surface area contributed by atoms with Crippen molar-refractivity contribution in [2.75, 3.05) is 33.0 Å². The number of hydrogen-bond acceptors (Lipinski definition) is 9. The summed E-state index contributed by atoms with van der Waals surface area (Å²) >= 11 is 0. The summed E-state index contributed by atoms with van der Waals surface area (Å²) < 4.78 is 54.0. The highest BCUT2D eigenvalue weighted by atomic mass is 32.3. The molecular weight excluding hydrogens is 382 g/mol. The van der Waals surface area contributed by atoms with Gasteiger partial charge in [-0.3, -0.25) is 9.50 Å². The van der Waals surface area contributed by atoms with Gasteiger partial charge in [0.05, 0.1) is 19.8 Å². The van der Waals surface area contributed by atoms with Gasteiger partial charge in [0.2, 0.25) is 16.6 Å². The van der Waals surface area contributed by atoms with Crippen LogP contribution < -0.4 is 5.32 Å². The maximum atomic E-state index is 11.5. The van der Waals surface area contributed by atoms with Gasteiger partial charge in [-0.05, 0) is 34.6 Å². The Kier molecular flexibility index (Phi) is 15.5. The van der Waals surface area contributed by atoms with Gasteiger partial charge in [-0.25, -0.2) is 13.2 Å². The summed E-state index contributed by atoms with van der Waals surface area (Å²) in [6.45, 7) is 15.6. The van der Waals surface area contributed by atoms with Crippen LogP contribution in [0.5, 0.6) is 0 Å². The van der Waals surface area contributed by atoms with Gasteiger partial charge in [0, 0.05) is 19.1 Å². The van der Waals surface area contributed by atoms with E-state index in [1.807, 2.05) is 20.8 Å². The van der Waals surface area contributed by atoms with Gasteiger partial charge >= 0.3 is 11.9 Å². The van der Waals surface area contributed by atoms with E-state index in [4.69, 9.17) is 18.9 Å². The second-order valence-electron chi connectivity index (χ2n) is 5.19. The highest BCUT2D eigenvalue weighted by molar-refractivity contribution is 7.80. The van der Waals surface area contributed by atoms with Crippen molar-refractivity contribution in [3.05, 3.63) is 12.2 Å². The summed E-state index contributed by atoms with van der Waals surface area (Å²) in [4.78, 5) is 11.5. The Bertz CT molecular complexity index is 516. The quantitative estimate of drug-likeness (QED) is 0.148. The Balaban J connectivity index is 0. The van der Waals surface area contributed by atoms with E-state index in [0.29, 0.717) is 25.4 Å². The monoisotopic (exact) mass is 415 g/mol. The Morgan fingerprint density at radius 2 is 1.63 bits per heavy atom. The average Bonchev–Trinajstić information content (AvgIpc) is 2.52. The van der Waals surface area contributed by atoms with E-state index >= 15 is 0 Å². The minimum Gasteiger partial charge on any atom is -0.726 e. The third-order valence-corrected chi connectivity index (χ3v) is 3.20. The van der Waals surface area contributed by atoms with E-state index in [9.17, 15) is 17.8 Å². The molecule has 0 radical (unpaired) electrons. The molecule has 0 aliphatic rings. The number of carbonyl (C=O) groups is 1. The number of nitrogens with two attached hydrogens (primary N) is 1. The largest absolute Gasteiger partial charge is 0.726 e. The fourth-order valence-corrected chi connectivity index (χ4v) is 2.10. The van der Waals surface area contributed by atoms with Crippen molar-refractivity contribution in [1.29, 1.82) is 0 Å². The summed E-state index contributed by atoms with van der Waals surface area (Å²) in [5.41, 5.74) is 0.355.